The van der Waals surface area contributed by atoms with Crippen LogP contribution in [0.1, 0.15) is 64.2 Å². The second kappa shape index (κ2) is 9.00. The monoisotopic (exact) mass is 539 g/mol. The van der Waals surface area contributed by atoms with Crippen LogP contribution in [-0.4, -0.2) is 42.9 Å². The molecule has 0 saturated heterocycles. The smallest absolute Gasteiger partial charge is 0.406 e. The fourth-order valence-electron chi connectivity index (χ4n) is 3.13. The zero-order valence-electron chi connectivity index (χ0n) is 17.5. The van der Waals surface area contributed by atoms with Gasteiger partial charge >= 0.3 is 6.36 Å². The average molecular weight is 540 g/mol. The molecule has 1 fully saturated rings. The number of carbonyl (C=O) groups is 2. The van der Waals surface area contributed by atoms with Crippen LogP contribution in [0.2, 0.25) is 0 Å². The van der Waals surface area contributed by atoms with Crippen LogP contribution in [-0.2, 0) is 0 Å². The second-order valence-electron chi connectivity index (χ2n) is 7.56. The number of benzene rings is 1. The van der Waals surface area contributed by atoms with Gasteiger partial charge in [-0.3, -0.25) is 9.59 Å². The van der Waals surface area contributed by atoms with Crippen molar-refractivity contribution in [3.8, 4) is 11.6 Å². The Balaban J connectivity index is 1.62. The van der Waals surface area contributed by atoms with Gasteiger partial charge in [0.05, 0.1) is 6.04 Å². The summed E-state index contributed by atoms with van der Waals surface area (Å²) in [6.45, 7) is 1.64. The number of aromatic nitrogens is 5. The molecular formula is C20H17BrF3N7O3. The van der Waals surface area contributed by atoms with E-state index >= 15 is 0 Å². The third kappa shape index (κ3) is 5.50. The lowest BCUT2D eigenvalue weighted by Gasteiger charge is -2.15. The summed E-state index contributed by atoms with van der Waals surface area (Å²) in [5, 5.41) is 7.17. The SMILES string of the molecule is C[C@H](NC(=O)c1cc(Br)cc(OC(F)(F)F)c1)c1nc(C2CC2)nn1-c1cc(C(N)=O)ncn1. The van der Waals surface area contributed by atoms with Crippen molar-refractivity contribution in [1.82, 2.24) is 30.0 Å². The number of ether oxygens (including phenoxy) is 1. The predicted molar refractivity (Wildman–Crippen MR) is 114 cm³/mol. The van der Waals surface area contributed by atoms with E-state index in [1.807, 2.05) is 0 Å². The van der Waals surface area contributed by atoms with Gasteiger partial charge in [0.2, 0.25) is 0 Å². The van der Waals surface area contributed by atoms with Crippen molar-refractivity contribution in [3.05, 3.63) is 58.0 Å². The van der Waals surface area contributed by atoms with Crippen LogP contribution >= 0.6 is 15.9 Å². The number of hydrogen-bond donors (Lipinski definition) is 2. The fraction of sp³-hybridized carbons (Fsp3) is 0.300. The van der Waals surface area contributed by atoms with Crippen molar-refractivity contribution in [2.45, 2.75) is 38.1 Å². The number of primary amides is 1. The molecule has 14 heteroatoms. The number of hydrogen-bond acceptors (Lipinski definition) is 7. The zero-order valence-corrected chi connectivity index (χ0v) is 19.1. The number of amides is 2. The summed E-state index contributed by atoms with van der Waals surface area (Å²) in [6, 6.07) is 4.04. The molecule has 1 saturated carbocycles. The predicted octanol–water partition coefficient (Wildman–Crippen LogP) is 3.19. The molecule has 3 aromatic rings. The lowest BCUT2D eigenvalue weighted by atomic mass is 10.2. The fourth-order valence-corrected chi connectivity index (χ4v) is 3.60. The highest BCUT2D eigenvalue weighted by Gasteiger charge is 2.32. The summed E-state index contributed by atoms with van der Waals surface area (Å²) >= 11 is 3.08. The van der Waals surface area contributed by atoms with Crippen LogP contribution in [0.25, 0.3) is 5.82 Å². The molecule has 1 aromatic carbocycles. The van der Waals surface area contributed by atoms with Gasteiger partial charge in [0.15, 0.2) is 17.5 Å². The number of halogens is 4. The minimum atomic E-state index is -4.90. The Kier molecular flexibility index (Phi) is 6.25. The van der Waals surface area contributed by atoms with Crippen molar-refractivity contribution in [1.29, 1.82) is 0 Å². The summed E-state index contributed by atoms with van der Waals surface area (Å²) in [5.74, 6) is -0.691. The Labute approximate surface area is 198 Å². The van der Waals surface area contributed by atoms with Crippen molar-refractivity contribution in [3.63, 3.8) is 0 Å². The van der Waals surface area contributed by atoms with E-state index in [0.29, 0.717) is 11.6 Å². The number of alkyl halides is 3. The van der Waals surface area contributed by atoms with Gasteiger partial charge in [-0.1, -0.05) is 15.9 Å². The van der Waals surface area contributed by atoms with Crippen LogP contribution in [0.3, 0.4) is 0 Å². The van der Waals surface area contributed by atoms with E-state index in [0.717, 1.165) is 31.3 Å². The Hall–Kier alpha value is -3.55. The highest BCUT2D eigenvalue weighted by molar-refractivity contribution is 9.10. The van der Waals surface area contributed by atoms with Gasteiger partial charge in [-0.2, -0.15) is 4.68 Å². The molecule has 178 valence electrons. The Morgan fingerprint density at radius 1 is 1.24 bits per heavy atom. The maximum absolute atomic E-state index is 12.8. The first-order valence-corrected chi connectivity index (χ1v) is 10.8. The highest BCUT2D eigenvalue weighted by Crippen LogP contribution is 2.38. The minimum Gasteiger partial charge on any atom is -0.406 e. The van der Waals surface area contributed by atoms with Gasteiger partial charge in [-0.15, -0.1) is 18.3 Å². The maximum atomic E-state index is 12.8. The lowest BCUT2D eigenvalue weighted by Crippen LogP contribution is -2.29. The Bertz CT molecular complexity index is 1260. The number of nitrogens with zero attached hydrogens (tertiary/aromatic N) is 5. The largest absolute Gasteiger partial charge is 0.573 e. The molecule has 0 spiro atoms. The number of nitrogens with two attached hydrogens (primary N) is 1. The summed E-state index contributed by atoms with van der Waals surface area (Å²) in [4.78, 5) is 36.8. The van der Waals surface area contributed by atoms with Gasteiger partial charge in [0, 0.05) is 22.0 Å². The molecule has 0 radical (unpaired) electrons. The topological polar surface area (TPSA) is 138 Å². The minimum absolute atomic E-state index is 0.0255. The maximum Gasteiger partial charge on any atom is 0.573 e. The standard InChI is InChI=1S/C20H17BrF3N7O3/c1-9(28-19(33)11-4-12(21)6-13(5-11)34-20(22,23)24)18-29-17(10-2-3-10)30-31(18)15-7-14(16(25)32)26-8-27-15/h4-10H,2-3H2,1H3,(H2,25,32)(H,28,33)/t9-/m0/s1. The molecule has 1 aliphatic rings. The number of carbonyl (C=O) groups excluding carboxylic acids is 2. The van der Waals surface area contributed by atoms with E-state index in [1.165, 1.54) is 16.8 Å². The number of rotatable bonds is 7. The molecule has 1 atom stereocenters. The molecule has 0 unspecified atom stereocenters. The van der Waals surface area contributed by atoms with E-state index in [9.17, 15) is 22.8 Å². The molecule has 2 heterocycles. The molecule has 2 amide bonds. The van der Waals surface area contributed by atoms with Crippen LogP contribution < -0.4 is 15.8 Å². The van der Waals surface area contributed by atoms with Gasteiger partial charge in [0.1, 0.15) is 17.8 Å². The third-order valence-electron chi connectivity index (χ3n) is 4.82. The van der Waals surface area contributed by atoms with Gasteiger partial charge in [-0.05, 0) is 38.0 Å². The third-order valence-corrected chi connectivity index (χ3v) is 5.27. The first kappa shape index (κ1) is 23.6. The summed E-state index contributed by atoms with van der Waals surface area (Å²) < 4.78 is 43.3. The molecular weight excluding hydrogens is 523 g/mol. The molecule has 4 rings (SSSR count). The van der Waals surface area contributed by atoms with E-state index in [2.05, 4.69) is 46.0 Å². The summed E-state index contributed by atoms with van der Waals surface area (Å²) in [5.41, 5.74) is 5.21. The average Bonchev–Trinajstić information content (AvgIpc) is 3.50. The zero-order chi connectivity index (χ0) is 24.6. The van der Waals surface area contributed by atoms with Crippen LogP contribution in [0.15, 0.2) is 35.1 Å². The number of nitrogens with one attached hydrogen (secondary N) is 1. The normalized spacial score (nSPS) is 14.5. The first-order chi connectivity index (χ1) is 16.0. The van der Waals surface area contributed by atoms with Gasteiger partial charge < -0.3 is 15.8 Å². The highest BCUT2D eigenvalue weighted by atomic mass is 79.9. The van der Waals surface area contributed by atoms with E-state index in [1.54, 1.807) is 6.92 Å². The quantitative estimate of drug-likeness (QED) is 0.470. The van der Waals surface area contributed by atoms with Crippen molar-refractivity contribution in [2.75, 3.05) is 0 Å². The van der Waals surface area contributed by atoms with Crippen LogP contribution in [0, 0.1) is 0 Å². The van der Waals surface area contributed by atoms with E-state index < -0.39 is 30.0 Å². The van der Waals surface area contributed by atoms with Crippen LogP contribution in [0.4, 0.5) is 13.2 Å². The second-order valence-corrected chi connectivity index (χ2v) is 8.47. The Morgan fingerprint density at radius 3 is 2.62 bits per heavy atom. The Morgan fingerprint density at radius 2 is 1.97 bits per heavy atom. The van der Waals surface area contributed by atoms with Gasteiger partial charge in [0.25, 0.3) is 11.8 Å². The molecule has 0 aliphatic heterocycles. The molecule has 3 N–H and O–H groups in total. The van der Waals surface area contributed by atoms with Crippen molar-refractivity contribution >= 4 is 27.7 Å². The van der Waals surface area contributed by atoms with Crippen LogP contribution in [0.5, 0.6) is 5.75 Å². The summed E-state index contributed by atoms with van der Waals surface area (Å²) in [6.07, 6.45) is -1.91. The molecule has 0 bridgehead atoms. The van der Waals surface area contributed by atoms with Crippen molar-refractivity contribution < 1.29 is 27.5 Å². The molecule has 2 aromatic heterocycles. The summed E-state index contributed by atoms with van der Waals surface area (Å²) in [7, 11) is 0. The van der Waals surface area contributed by atoms with E-state index in [4.69, 9.17) is 5.73 Å². The molecule has 34 heavy (non-hydrogen) atoms. The first-order valence-electron chi connectivity index (χ1n) is 9.96. The van der Waals surface area contributed by atoms with Crippen molar-refractivity contribution in [2.24, 2.45) is 5.73 Å². The molecule has 1 aliphatic carbocycles. The van der Waals surface area contributed by atoms with E-state index in [-0.39, 0.29) is 27.5 Å². The lowest BCUT2D eigenvalue weighted by molar-refractivity contribution is -0.274. The molecule has 10 nitrogen and oxygen atoms in total. The van der Waals surface area contributed by atoms with Gasteiger partial charge in [-0.25, -0.2) is 15.0 Å².